The van der Waals surface area contributed by atoms with E-state index in [1.807, 2.05) is 54.5 Å². The fourth-order valence-corrected chi connectivity index (χ4v) is 8.54. The molecule has 2 fully saturated rings. The average Bonchev–Trinajstić information content (AvgIpc) is 3.14. The van der Waals surface area contributed by atoms with Gasteiger partial charge >= 0.3 is 0 Å². The van der Waals surface area contributed by atoms with Crippen LogP contribution in [0.25, 0.3) is 0 Å². The summed E-state index contributed by atoms with van der Waals surface area (Å²) in [4.78, 5) is 40.2. The molecule has 6 aliphatic rings. The van der Waals surface area contributed by atoms with E-state index in [4.69, 9.17) is 18.9 Å². The molecule has 1 aromatic rings. The number of ketones is 2. The Labute approximate surface area is 276 Å². The van der Waals surface area contributed by atoms with E-state index in [1.54, 1.807) is 19.1 Å². The Bertz CT molecular complexity index is 1680. The molecule has 3 heterocycles. The highest BCUT2D eigenvalue weighted by Gasteiger charge is 2.81. The lowest BCUT2D eigenvalue weighted by molar-refractivity contribution is -0.171. The van der Waals surface area contributed by atoms with Crippen molar-refractivity contribution in [2.75, 3.05) is 0 Å². The number of hydrogen-bond donors (Lipinski definition) is 2. The summed E-state index contributed by atoms with van der Waals surface area (Å²) in [5, 5.41) is 23.2. The average molecular weight is 647 g/mol. The van der Waals surface area contributed by atoms with Gasteiger partial charge < -0.3 is 29.2 Å². The molecule has 0 radical (unpaired) electrons. The maximum Gasteiger partial charge on any atom is 0.298 e. The maximum absolute atomic E-state index is 14.8. The van der Waals surface area contributed by atoms with E-state index in [0.29, 0.717) is 60.4 Å². The second-order valence-electron chi connectivity index (χ2n) is 15.1. The molecule has 9 heteroatoms. The SMILES string of the molecule is CC(C)=CCC[C@@]1(C)Oc2c(c(O)c3c(c2CC=C(C)C)O[C@]24C(=CC5CC2C(C)(C)OC4(C/C=C(/C)OC=O)C5=O)C3=O)C[C@H]1O. The number of Topliss-reactive ketones (excluding diaryl/α,β-unsaturated/α-hetero) is 2. The van der Waals surface area contributed by atoms with E-state index >= 15 is 0 Å². The highest BCUT2D eigenvalue weighted by atomic mass is 16.6. The maximum atomic E-state index is 14.8. The molecule has 3 aliphatic heterocycles. The number of rotatable bonds is 9. The van der Waals surface area contributed by atoms with Crippen LogP contribution >= 0.6 is 0 Å². The third kappa shape index (κ3) is 4.75. The molecule has 252 valence electrons. The number of aromatic hydroxyl groups is 1. The van der Waals surface area contributed by atoms with E-state index in [9.17, 15) is 24.6 Å². The molecule has 1 saturated carbocycles. The Morgan fingerprint density at radius 2 is 1.72 bits per heavy atom. The first kappa shape index (κ1) is 33.2. The van der Waals surface area contributed by atoms with Gasteiger partial charge in [-0.15, -0.1) is 0 Å². The molecule has 7 rings (SSSR count). The molecule has 9 nitrogen and oxygen atoms in total. The number of ether oxygens (including phenoxy) is 4. The van der Waals surface area contributed by atoms with Gasteiger partial charge in [-0.3, -0.25) is 14.4 Å². The molecule has 1 spiro atoms. The smallest absolute Gasteiger partial charge is 0.298 e. The number of phenolic OH excluding ortho intramolecular Hbond substituents is 1. The Morgan fingerprint density at radius 1 is 1.02 bits per heavy atom. The number of benzene rings is 1. The van der Waals surface area contributed by atoms with Gasteiger partial charge in [-0.25, -0.2) is 0 Å². The van der Waals surface area contributed by atoms with E-state index in [0.717, 1.165) is 5.57 Å². The largest absolute Gasteiger partial charge is 0.507 e. The third-order valence-corrected chi connectivity index (χ3v) is 10.9. The van der Waals surface area contributed by atoms with Crippen LogP contribution in [0.3, 0.4) is 0 Å². The van der Waals surface area contributed by atoms with Crippen molar-refractivity contribution in [3.8, 4) is 17.2 Å². The van der Waals surface area contributed by atoms with Crippen LogP contribution in [0.1, 0.15) is 103 Å². The van der Waals surface area contributed by atoms with Crippen molar-refractivity contribution in [3.05, 3.63) is 63.5 Å². The minimum absolute atomic E-state index is 0.0186. The Morgan fingerprint density at radius 3 is 2.38 bits per heavy atom. The number of allylic oxidation sites excluding steroid dienone is 6. The molecule has 3 aliphatic carbocycles. The number of aliphatic hydroxyl groups excluding tert-OH is 1. The third-order valence-electron chi connectivity index (χ3n) is 10.9. The molecule has 1 saturated heterocycles. The van der Waals surface area contributed by atoms with Gasteiger partial charge in [0, 0.05) is 41.4 Å². The highest BCUT2D eigenvalue weighted by Crippen LogP contribution is 2.68. The lowest BCUT2D eigenvalue weighted by atomic mass is 9.51. The number of hydrogen-bond acceptors (Lipinski definition) is 9. The van der Waals surface area contributed by atoms with Crippen molar-refractivity contribution >= 4 is 18.0 Å². The first-order valence-corrected chi connectivity index (χ1v) is 16.5. The van der Waals surface area contributed by atoms with Crippen LogP contribution in [0.5, 0.6) is 17.2 Å². The Kier molecular flexibility index (Phi) is 7.91. The van der Waals surface area contributed by atoms with E-state index in [2.05, 4.69) is 6.08 Å². The lowest BCUT2D eigenvalue weighted by Crippen LogP contribution is -2.72. The molecule has 47 heavy (non-hydrogen) atoms. The predicted molar refractivity (Wildman–Crippen MR) is 174 cm³/mol. The van der Waals surface area contributed by atoms with Crippen molar-refractivity contribution < 1.29 is 43.5 Å². The van der Waals surface area contributed by atoms with Gasteiger partial charge in [0.15, 0.2) is 22.8 Å². The topological polar surface area (TPSA) is 129 Å². The van der Waals surface area contributed by atoms with Crippen LogP contribution in [-0.4, -0.2) is 56.8 Å². The molecular weight excluding hydrogens is 600 g/mol. The van der Waals surface area contributed by atoms with Gasteiger partial charge in [0.25, 0.3) is 6.47 Å². The molecule has 3 unspecified atom stereocenters. The van der Waals surface area contributed by atoms with Crippen LogP contribution in [0.15, 0.2) is 46.8 Å². The standard InChI is InChI=1S/C38H46O9/c1-20(2)10-9-14-36(8)28(40)18-25-30(41)29-31(42)26-16-23-17-27-35(6,7)47-37(34(23)43,15-13-22(5)44-19-39)38(26,27)46-33(29)24(32(25)45-36)12-11-21(3)4/h10-11,13,16,19,23,27-28,40-41H,9,12,14-15,17-18H2,1-8H3/b22-13-/t23?,27?,28-,36-,37?,38-/m1/s1. The number of aliphatic hydroxyl groups is 1. The first-order valence-electron chi connectivity index (χ1n) is 16.5. The first-order chi connectivity index (χ1) is 22.0. The number of fused-ring (bicyclic) bond motifs is 2. The lowest BCUT2D eigenvalue weighted by Gasteiger charge is -2.56. The minimum Gasteiger partial charge on any atom is -0.507 e. The molecule has 0 amide bonds. The molecule has 6 atom stereocenters. The predicted octanol–water partition coefficient (Wildman–Crippen LogP) is 6.18. The van der Waals surface area contributed by atoms with Gasteiger partial charge in [-0.2, -0.15) is 0 Å². The summed E-state index contributed by atoms with van der Waals surface area (Å²) in [5.74, 6) is -0.958. The minimum atomic E-state index is -1.58. The summed E-state index contributed by atoms with van der Waals surface area (Å²) in [6, 6.07) is 0. The normalized spacial score (nSPS) is 32.7. The van der Waals surface area contributed by atoms with Gasteiger partial charge in [-0.1, -0.05) is 29.4 Å². The van der Waals surface area contributed by atoms with Crippen molar-refractivity contribution in [2.24, 2.45) is 11.8 Å². The molecule has 2 N–H and O–H groups in total. The van der Waals surface area contributed by atoms with Crippen molar-refractivity contribution in [1.29, 1.82) is 0 Å². The Balaban J connectivity index is 1.58. The molecule has 4 bridgehead atoms. The van der Waals surface area contributed by atoms with Gasteiger partial charge in [0.1, 0.15) is 34.2 Å². The Hall–Kier alpha value is -3.69. The summed E-state index contributed by atoms with van der Waals surface area (Å²) < 4.78 is 25.7. The van der Waals surface area contributed by atoms with Gasteiger partial charge in [-0.05, 0) is 87.1 Å². The monoisotopic (exact) mass is 646 g/mol. The summed E-state index contributed by atoms with van der Waals surface area (Å²) >= 11 is 0. The van der Waals surface area contributed by atoms with Crippen LogP contribution in [0, 0.1) is 11.8 Å². The fourth-order valence-electron chi connectivity index (χ4n) is 8.54. The van der Waals surface area contributed by atoms with Crippen LogP contribution in [0.2, 0.25) is 0 Å². The molecular formula is C38H46O9. The number of carbonyl (C=O) groups is 3. The zero-order valence-corrected chi connectivity index (χ0v) is 28.6. The summed E-state index contributed by atoms with van der Waals surface area (Å²) in [6.45, 7) is 15.6. The zero-order valence-electron chi connectivity index (χ0n) is 28.6. The van der Waals surface area contributed by atoms with E-state index in [1.165, 1.54) is 5.57 Å². The zero-order chi connectivity index (χ0) is 34.3. The van der Waals surface area contributed by atoms with Crippen LogP contribution in [0.4, 0.5) is 0 Å². The quantitative estimate of drug-likeness (QED) is 0.184. The van der Waals surface area contributed by atoms with Gasteiger partial charge in [0.05, 0.1) is 11.7 Å². The summed E-state index contributed by atoms with van der Waals surface area (Å²) in [6.07, 6.45) is 8.65. The van der Waals surface area contributed by atoms with Crippen molar-refractivity contribution in [1.82, 2.24) is 0 Å². The van der Waals surface area contributed by atoms with Crippen LogP contribution < -0.4 is 9.47 Å². The molecule has 1 aromatic carbocycles. The number of carbonyl (C=O) groups excluding carboxylic acids is 3. The second-order valence-corrected chi connectivity index (χ2v) is 15.1. The second kappa shape index (κ2) is 11.2. The molecule has 0 aromatic heterocycles. The van der Waals surface area contributed by atoms with Crippen LogP contribution in [-0.2, 0) is 31.9 Å². The fraction of sp³-hybridized carbons (Fsp3) is 0.553. The number of phenols is 1. The van der Waals surface area contributed by atoms with Crippen molar-refractivity contribution in [3.63, 3.8) is 0 Å². The summed E-state index contributed by atoms with van der Waals surface area (Å²) in [7, 11) is 0. The summed E-state index contributed by atoms with van der Waals surface area (Å²) in [5.41, 5.74) is -1.42. The van der Waals surface area contributed by atoms with E-state index in [-0.39, 0.29) is 41.6 Å². The van der Waals surface area contributed by atoms with Gasteiger partial charge in [0.2, 0.25) is 0 Å². The highest BCUT2D eigenvalue weighted by molar-refractivity contribution is 6.18. The van der Waals surface area contributed by atoms with E-state index < -0.39 is 40.2 Å². The van der Waals surface area contributed by atoms with Crippen molar-refractivity contribution in [2.45, 2.75) is 122 Å².